The van der Waals surface area contributed by atoms with Crippen molar-refractivity contribution in [3.8, 4) is 0 Å². The number of ketones is 1. The zero-order valence-corrected chi connectivity index (χ0v) is 13.3. The fourth-order valence-corrected chi connectivity index (χ4v) is 3.43. The van der Waals surface area contributed by atoms with E-state index in [2.05, 4.69) is 0 Å². The van der Waals surface area contributed by atoms with Gasteiger partial charge < -0.3 is 9.47 Å². The molecule has 0 radical (unpaired) electrons. The monoisotopic (exact) mass is 333 g/mol. The molecule has 1 aliphatic heterocycles. The zero-order valence-electron chi connectivity index (χ0n) is 13.3. The largest absolute Gasteiger partial charge is 0.422 e. The standard InChI is InChI=1S/C16H15NO7/c1-8(18)11-12(9-4-6-10(7-5-9)17(21)22)16(11)13(19)23-15(2,3)24-14(16)20/h4-7,11-12H,1-3H3/t11-,12+/m1/s1. The molecule has 0 bridgehead atoms. The van der Waals surface area contributed by atoms with Gasteiger partial charge in [0.15, 0.2) is 5.41 Å². The fraction of sp³-hybridized carbons (Fsp3) is 0.438. The van der Waals surface area contributed by atoms with E-state index in [0.717, 1.165) is 0 Å². The van der Waals surface area contributed by atoms with E-state index >= 15 is 0 Å². The smallest absolute Gasteiger partial charge is 0.328 e. The summed E-state index contributed by atoms with van der Waals surface area (Å²) in [5.74, 6) is -4.96. The molecule has 1 aliphatic carbocycles. The van der Waals surface area contributed by atoms with Gasteiger partial charge in [-0.25, -0.2) is 0 Å². The number of cyclic esters (lactones) is 2. The van der Waals surface area contributed by atoms with Gasteiger partial charge in [-0.05, 0) is 12.5 Å². The predicted octanol–water partition coefficient (Wildman–Crippen LogP) is 1.72. The molecule has 2 fully saturated rings. The topological polar surface area (TPSA) is 113 Å². The van der Waals surface area contributed by atoms with Gasteiger partial charge in [-0.1, -0.05) is 12.1 Å². The Balaban J connectivity index is 2.02. The number of carbonyl (C=O) groups is 3. The van der Waals surface area contributed by atoms with E-state index in [1.807, 2.05) is 0 Å². The van der Waals surface area contributed by atoms with Crippen LogP contribution in [0.15, 0.2) is 24.3 Å². The first-order valence-electron chi connectivity index (χ1n) is 7.33. The highest BCUT2D eigenvalue weighted by Crippen LogP contribution is 2.68. The van der Waals surface area contributed by atoms with E-state index < -0.39 is 39.9 Å². The molecule has 0 N–H and O–H groups in total. The van der Waals surface area contributed by atoms with Crippen molar-refractivity contribution in [1.29, 1.82) is 0 Å². The molecule has 1 aromatic carbocycles. The van der Waals surface area contributed by atoms with Crippen LogP contribution in [0, 0.1) is 21.4 Å². The number of carbonyl (C=O) groups excluding carboxylic acids is 3. The maximum atomic E-state index is 12.5. The lowest BCUT2D eigenvalue weighted by atomic mass is 9.97. The van der Waals surface area contributed by atoms with E-state index in [9.17, 15) is 24.5 Å². The third kappa shape index (κ3) is 2.10. The van der Waals surface area contributed by atoms with Crippen molar-refractivity contribution in [3.63, 3.8) is 0 Å². The van der Waals surface area contributed by atoms with Gasteiger partial charge in [0, 0.05) is 31.9 Å². The number of hydrogen-bond donors (Lipinski definition) is 0. The average Bonchev–Trinajstić information content (AvgIpc) is 3.16. The van der Waals surface area contributed by atoms with Gasteiger partial charge in [0.25, 0.3) is 11.5 Å². The fourth-order valence-electron chi connectivity index (χ4n) is 3.43. The van der Waals surface area contributed by atoms with Crippen LogP contribution in [0.5, 0.6) is 0 Å². The quantitative estimate of drug-likeness (QED) is 0.358. The predicted molar refractivity (Wildman–Crippen MR) is 78.7 cm³/mol. The highest BCUT2D eigenvalue weighted by atomic mass is 16.7. The summed E-state index contributed by atoms with van der Waals surface area (Å²) in [4.78, 5) is 47.1. The normalized spacial score (nSPS) is 26.5. The average molecular weight is 333 g/mol. The van der Waals surface area contributed by atoms with Gasteiger partial charge in [-0.3, -0.25) is 24.5 Å². The number of nitro groups is 1. The number of non-ortho nitro benzene ring substituents is 1. The van der Waals surface area contributed by atoms with Crippen LogP contribution in [0.4, 0.5) is 5.69 Å². The number of nitrogens with zero attached hydrogens (tertiary/aromatic N) is 1. The van der Waals surface area contributed by atoms with Crippen molar-refractivity contribution < 1.29 is 28.8 Å². The first kappa shape index (κ1) is 16.1. The van der Waals surface area contributed by atoms with Crippen molar-refractivity contribution >= 4 is 23.4 Å². The molecule has 0 aromatic heterocycles. The Morgan fingerprint density at radius 3 is 2.04 bits per heavy atom. The minimum absolute atomic E-state index is 0.122. The van der Waals surface area contributed by atoms with Crippen molar-refractivity contribution in [3.05, 3.63) is 39.9 Å². The Morgan fingerprint density at radius 2 is 1.62 bits per heavy atom. The summed E-state index contributed by atoms with van der Waals surface area (Å²) in [6.07, 6.45) is 0. The number of nitro benzene ring substituents is 1. The van der Waals surface area contributed by atoms with Crippen molar-refractivity contribution in [1.82, 2.24) is 0 Å². The molecule has 126 valence electrons. The van der Waals surface area contributed by atoms with Crippen LogP contribution in [0.2, 0.25) is 0 Å². The third-order valence-corrected chi connectivity index (χ3v) is 4.46. The van der Waals surface area contributed by atoms with E-state index in [4.69, 9.17) is 9.47 Å². The Labute approximate surface area is 136 Å². The Hall–Kier alpha value is -2.77. The third-order valence-electron chi connectivity index (χ3n) is 4.46. The molecule has 1 aromatic rings. The number of hydrogen-bond acceptors (Lipinski definition) is 7. The molecule has 2 aliphatic rings. The number of esters is 2. The van der Waals surface area contributed by atoms with E-state index in [0.29, 0.717) is 5.56 Å². The molecule has 8 heteroatoms. The number of benzene rings is 1. The molecule has 1 heterocycles. The van der Waals surface area contributed by atoms with Crippen LogP contribution < -0.4 is 0 Å². The zero-order chi connectivity index (χ0) is 17.9. The summed E-state index contributed by atoms with van der Waals surface area (Å²) < 4.78 is 10.3. The Bertz CT molecular complexity index is 745. The van der Waals surface area contributed by atoms with Crippen LogP contribution in [0.25, 0.3) is 0 Å². The minimum atomic E-state index is -1.70. The number of ether oxygens (including phenoxy) is 2. The molecule has 8 nitrogen and oxygen atoms in total. The van der Waals surface area contributed by atoms with Gasteiger partial charge in [0.2, 0.25) is 0 Å². The first-order chi connectivity index (χ1) is 11.1. The summed E-state index contributed by atoms with van der Waals surface area (Å²) in [6.45, 7) is 4.15. The molecule has 2 atom stereocenters. The lowest BCUT2D eigenvalue weighted by Crippen LogP contribution is -2.49. The van der Waals surface area contributed by atoms with Gasteiger partial charge in [-0.2, -0.15) is 0 Å². The van der Waals surface area contributed by atoms with Crippen molar-refractivity contribution in [2.24, 2.45) is 11.3 Å². The second-order valence-electron chi connectivity index (χ2n) is 6.46. The summed E-state index contributed by atoms with van der Waals surface area (Å²) in [6, 6.07) is 5.41. The first-order valence-corrected chi connectivity index (χ1v) is 7.33. The second-order valence-corrected chi connectivity index (χ2v) is 6.46. The molecule has 1 saturated carbocycles. The van der Waals surface area contributed by atoms with Crippen LogP contribution in [-0.4, -0.2) is 28.4 Å². The maximum absolute atomic E-state index is 12.5. The minimum Gasteiger partial charge on any atom is -0.422 e. The van der Waals surface area contributed by atoms with Crippen LogP contribution in [0.3, 0.4) is 0 Å². The molecule has 0 unspecified atom stereocenters. The Kier molecular flexibility index (Phi) is 3.26. The molecule has 3 rings (SSSR count). The highest BCUT2D eigenvalue weighted by Gasteiger charge is 2.81. The summed E-state index contributed by atoms with van der Waals surface area (Å²) >= 11 is 0. The summed E-state index contributed by atoms with van der Waals surface area (Å²) in [5, 5.41) is 10.7. The van der Waals surface area contributed by atoms with Gasteiger partial charge in [0.05, 0.1) is 10.8 Å². The van der Waals surface area contributed by atoms with Gasteiger partial charge in [0.1, 0.15) is 5.78 Å². The highest BCUT2D eigenvalue weighted by molar-refractivity contribution is 6.13. The van der Waals surface area contributed by atoms with E-state index in [1.54, 1.807) is 0 Å². The lowest BCUT2D eigenvalue weighted by molar-refractivity contribution is -0.384. The van der Waals surface area contributed by atoms with Gasteiger partial charge >= 0.3 is 11.9 Å². The van der Waals surface area contributed by atoms with E-state index in [-0.39, 0.29) is 11.5 Å². The molecular weight excluding hydrogens is 318 g/mol. The number of rotatable bonds is 3. The molecule has 1 spiro atoms. The second kappa shape index (κ2) is 4.86. The molecule has 0 amide bonds. The van der Waals surface area contributed by atoms with Gasteiger partial charge in [-0.15, -0.1) is 0 Å². The maximum Gasteiger partial charge on any atom is 0.328 e. The molecule has 1 saturated heterocycles. The molecular formula is C16H15NO7. The molecule has 24 heavy (non-hydrogen) atoms. The van der Waals surface area contributed by atoms with Crippen LogP contribution >= 0.6 is 0 Å². The summed E-state index contributed by atoms with van der Waals surface area (Å²) in [5.41, 5.74) is -1.34. The van der Waals surface area contributed by atoms with Crippen LogP contribution in [-0.2, 0) is 23.9 Å². The Morgan fingerprint density at radius 1 is 1.12 bits per heavy atom. The summed E-state index contributed by atoms with van der Waals surface area (Å²) in [7, 11) is 0. The van der Waals surface area contributed by atoms with Crippen LogP contribution in [0.1, 0.15) is 32.3 Å². The van der Waals surface area contributed by atoms with E-state index in [1.165, 1.54) is 45.0 Å². The SMILES string of the molecule is CC(=O)[C@@H]1[C@H](c2ccc([N+](=O)[O-])cc2)C12C(=O)OC(C)(C)OC2=O. The van der Waals surface area contributed by atoms with Crippen molar-refractivity contribution in [2.75, 3.05) is 0 Å². The van der Waals surface area contributed by atoms with Crippen molar-refractivity contribution in [2.45, 2.75) is 32.5 Å². The lowest BCUT2D eigenvalue weighted by Gasteiger charge is -2.33. The number of Topliss-reactive ketones (excluding diaryl/α,β-unsaturated/α-hetero) is 1.